The van der Waals surface area contributed by atoms with Gasteiger partial charge in [0, 0.05) is 29.8 Å². The van der Waals surface area contributed by atoms with Crippen LogP contribution in [0.15, 0.2) is 30.5 Å². The molecule has 0 N–H and O–H groups in total. The third-order valence-electron chi connectivity index (χ3n) is 2.98. The minimum Gasteiger partial charge on any atom is -0.459 e. The molecule has 0 spiro atoms. The zero-order chi connectivity index (χ0) is 14.5. The second kappa shape index (κ2) is 6.34. The number of nitrogens with zero attached hydrogens (tertiary/aromatic N) is 1. The average Bonchev–Trinajstić information content (AvgIpc) is 2.77. The lowest BCUT2D eigenvalue weighted by atomic mass is 10.2. The molecule has 0 aliphatic heterocycles. The summed E-state index contributed by atoms with van der Waals surface area (Å²) in [4.78, 5) is 22.9. The normalized spacial score (nSPS) is 12.3. The van der Waals surface area contributed by atoms with E-state index in [9.17, 15) is 9.59 Å². The maximum absolute atomic E-state index is 11.9. The summed E-state index contributed by atoms with van der Waals surface area (Å²) in [5, 5.41) is 0.834. The molecule has 5 heteroatoms. The molecule has 0 fully saturated rings. The summed E-state index contributed by atoms with van der Waals surface area (Å²) in [7, 11) is 1.56. The molecule has 106 valence electrons. The van der Waals surface area contributed by atoms with Crippen LogP contribution < -0.4 is 0 Å². The van der Waals surface area contributed by atoms with Crippen molar-refractivity contribution in [2.75, 3.05) is 13.7 Å². The van der Waals surface area contributed by atoms with E-state index >= 15 is 0 Å². The van der Waals surface area contributed by atoms with Gasteiger partial charge in [-0.15, -0.1) is 0 Å². The maximum atomic E-state index is 11.9. The van der Waals surface area contributed by atoms with Gasteiger partial charge >= 0.3 is 5.97 Å². The van der Waals surface area contributed by atoms with Gasteiger partial charge in [0.2, 0.25) is 0 Å². The molecule has 0 saturated heterocycles. The monoisotopic (exact) mass is 275 g/mol. The van der Waals surface area contributed by atoms with Crippen molar-refractivity contribution < 1.29 is 19.1 Å². The summed E-state index contributed by atoms with van der Waals surface area (Å²) < 4.78 is 11.9. The van der Waals surface area contributed by atoms with Crippen LogP contribution in [0.25, 0.3) is 10.9 Å². The van der Waals surface area contributed by atoms with Crippen molar-refractivity contribution in [3.63, 3.8) is 0 Å². The van der Waals surface area contributed by atoms with Crippen molar-refractivity contribution >= 4 is 23.2 Å². The van der Waals surface area contributed by atoms with Gasteiger partial charge in [-0.05, 0) is 13.0 Å². The van der Waals surface area contributed by atoms with E-state index in [1.54, 1.807) is 24.8 Å². The minimum absolute atomic E-state index is 0.0718. The molecule has 0 aliphatic carbocycles. The topological polar surface area (TPSA) is 57.5 Å². The van der Waals surface area contributed by atoms with Gasteiger partial charge in [-0.3, -0.25) is 9.59 Å². The molecule has 0 radical (unpaired) electrons. The number of carbonyl (C=O) groups is 2. The van der Waals surface area contributed by atoms with Crippen LogP contribution in [0, 0.1) is 0 Å². The van der Waals surface area contributed by atoms with E-state index in [-0.39, 0.29) is 18.6 Å². The fourth-order valence-corrected chi connectivity index (χ4v) is 2.17. The number of methoxy groups -OCH3 is 1. The lowest BCUT2D eigenvalue weighted by Gasteiger charge is -2.12. The molecule has 0 saturated carbocycles. The molecule has 0 bridgehead atoms. The number of hydrogen-bond acceptors (Lipinski definition) is 4. The number of fused-ring (bicyclic) bond motifs is 1. The Morgan fingerprint density at radius 2 is 2.15 bits per heavy atom. The van der Waals surface area contributed by atoms with E-state index in [2.05, 4.69) is 0 Å². The number of hydrogen-bond donors (Lipinski definition) is 0. The highest BCUT2D eigenvalue weighted by atomic mass is 16.6. The van der Waals surface area contributed by atoms with Crippen LogP contribution in [0.4, 0.5) is 0 Å². The van der Waals surface area contributed by atoms with Crippen LogP contribution in [-0.2, 0) is 20.8 Å². The molecule has 20 heavy (non-hydrogen) atoms. The SMILES string of the molecule is COCC(C)OC(=O)Cn1cc(C=O)c2ccccc21. The van der Waals surface area contributed by atoms with E-state index in [0.29, 0.717) is 12.2 Å². The molecule has 1 atom stereocenters. The van der Waals surface area contributed by atoms with Gasteiger partial charge in [-0.2, -0.15) is 0 Å². The molecule has 1 aromatic carbocycles. The summed E-state index contributed by atoms with van der Waals surface area (Å²) in [5.41, 5.74) is 1.41. The summed E-state index contributed by atoms with van der Waals surface area (Å²) in [6.07, 6.45) is 2.16. The number of ether oxygens (including phenoxy) is 2. The molecule has 1 heterocycles. The summed E-state index contributed by atoms with van der Waals surface area (Å²) >= 11 is 0. The van der Waals surface area contributed by atoms with Crippen LogP contribution in [0.5, 0.6) is 0 Å². The second-order valence-electron chi connectivity index (χ2n) is 4.60. The molecule has 5 nitrogen and oxygen atoms in total. The average molecular weight is 275 g/mol. The standard InChI is InChI=1S/C15H17NO4/c1-11(10-19-2)20-15(18)8-16-7-12(9-17)13-5-3-4-6-14(13)16/h3-7,9,11H,8,10H2,1-2H3. The highest BCUT2D eigenvalue weighted by molar-refractivity contribution is 5.98. The third-order valence-corrected chi connectivity index (χ3v) is 2.98. The van der Waals surface area contributed by atoms with E-state index < -0.39 is 0 Å². The summed E-state index contributed by atoms with van der Waals surface area (Å²) in [6.45, 7) is 2.20. The van der Waals surface area contributed by atoms with E-state index in [0.717, 1.165) is 17.2 Å². The Kier molecular flexibility index (Phi) is 4.53. The molecule has 1 unspecified atom stereocenters. The first-order valence-electron chi connectivity index (χ1n) is 6.37. The Morgan fingerprint density at radius 3 is 2.85 bits per heavy atom. The highest BCUT2D eigenvalue weighted by Gasteiger charge is 2.13. The maximum Gasteiger partial charge on any atom is 0.326 e. The van der Waals surface area contributed by atoms with Crippen molar-refractivity contribution in [1.82, 2.24) is 4.57 Å². The predicted octanol–water partition coefficient (Wildman–Crippen LogP) is 2.03. The first-order valence-corrected chi connectivity index (χ1v) is 6.37. The van der Waals surface area contributed by atoms with Crippen molar-refractivity contribution in [2.45, 2.75) is 19.6 Å². The fraction of sp³-hybridized carbons (Fsp3) is 0.333. The van der Waals surface area contributed by atoms with Gasteiger partial charge in [0.05, 0.1) is 6.61 Å². The Balaban J connectivity index is 2.17. The number of rotatable bonds is 6. The number of benzene rings is 1. The van der Waals surface area contributed by atoms with Crippen LogP contribution >= 0.6 is 0 Å². The summed E-state index contributed by atoms with van der Waals surface area (Å²) in [5.74, 6) is -0.354. The molecular formula is C15H17NO4. The van der Waals surface area contributed by atoms with Gasteiger partial charge in [-0.25, -0.2) is 0 Å². The Bertz CT molecular complexity index is 617. The zero-order valence-electron chi connectivity index (χ0n) is 11.5. The molecule has 0 aliphatic rings. The van der Waals surface area contributed by atoms with E-state index in [1.165, 1.54) is 0 Å². The first kappa shape index (κ1) is 14.3. The van der Waals surface area contributed by atoms with Crippen LogP contribution in [-0.4, -0.2) is 36.6 Å². The smallest absolute Gasteiger partial charge is 0.326 e. The number of aldehydes is 1. The van der Waals surface area contributed by atoms with Gasteiger partial charge in [-0.1, -0.05) is 18.2 Å². The van der Waals surface area contributed by atoms with Gasteiger partial charge in [0.25, 0.3) is 0 Å². The van der Waals surface area contributed by atoms with Crippen molar-refractivity contribution in [3.05, 3.63) is 36.0 Å². The molecule has 2 aromatic rings. The Morgan fingerprint density at radius 1 is 1.40 bits per heavy atom. The Labute approximate surface area is 117 Å². The van der Waals surface area contributed by atoms with Gasteiger partial charge in [0.1, 0.15) is 12.6 Å². The van der Waals surface area contributed by atoms with Crippen LogP contribution in [0.3, 0.4) is 0 Å². The van der Waals surface area contributed by atoms with Gasteiger partial charge < -0.3 is 14.0 Å². The van der Waals surface area contributed by atoms with E-state index in [1.807, 2.05) is 24.3 Å². The molecule has 1 aromatic heterocycles. The molecular weight excluding hydrogens is 258 g/mol. The predicted molar refractivity (Wildman–Crippen MR) is 74.8 cm³/mol. The third kappa shape index (κ3) is 3.05. The van der Waals surface area contributed by atoms with Gasteiger partial charge in [0.15, 0.2) is 6.29 Å². The lowest BCUT2D eigenvalue weighted by molar-refractivity contribution is -0.151. The largest absolute Gasteiger partial charge is 0.459 e. The fourth-order valence-electron chi connectivity index (χ4n) is 2.17. The zero-order valence-corrected chi connectivity index (χ0v) is 11.5. The number of esters is 1. The van der Waals surface area contributed by atoms with Crippen molar-refractivity contribution in [1.29, 1.82) is 0 Å². The lowest BCUT2D eigenvalue weighted by Crippen LogP contribution is -2.22. The van der Waals surface area contributed by atoms with Crippen LogP contribution in [0.1, 0.15) is 17.3 Å². The van der Waals surface area contributed by atoms with Crippen LogP contribution in [0.2, 0.25) is 0 Å². The second-order valence-corrected chi connectivity index (χ2v) is 4.60. The summed E-state index contributed by atoms with van der Waals surface area (Å²) in [6, 6.07) is 7.45. The molecule has 0 amide bonds. The van der Waals surface area contributed by atoms with E-state index in [4.69, 9.17) is 9.47 Å². The number of carbonyl (C=O) groups excluding carboxylic acids is 2. The number of aromatic nitrogens is 1. The number of para-hydroxylation sites is 1. The quantitative estimate of drug-likeness (QED) is 0.598. The van der Waals surface area contributed by atoms with Crippen molar-refractivity contribution in [3.8, 4) is 0 Å². The Hall–Kier alpha value is -2.14. The highest BCUT2D eigenvalue weighted by Crippen LogP contribution is 2.19. The molecule has 2 rings (SSSR count). The van der Waals surface area contributed by atoms with Crippen molar-refractivity contribution in [2.24, 2.45) is 0 Å². The minimum atomic E-state index is -0.354. The first-order chi connectivity index (χ1) is 9.65.